The Bertz CT molecular complexity index is 1480. The van der Waals surface area contributed by atoms with E-state index in [1.54, 1.807) is 29.7 Å². The maximum absolute atomic E-state index is 15.2. The molecule has 0 unspecified atom stereocenters. The van der Waals surface area contributed by atoms with Crippen molar-refractivity contribution in [2.75, 3.05) is 32.2 Å². The zero-order chi connectivity index (χ0) is 25.8. The van der Waals surface area contributed by atoms with Crippen LogP contribution in [0.5, 0.6) is 5.88 Å². The molecular weight excluding hydrogens is 482 g/mol. The Kier molecular flexibility index (Phi) is 5.72. The Morgan fingerprint density at radius 3 is 2.75 bits per heavy atom. The third-order valence-electron chi connectivity index (χ3n) is 6.35. The van der Waals surface area contributed by atoms with Crippen molar-refractivity contribution in [1.82, 2.24) is 29.0 Å². The number of aryl methyl sites for hydroxylation is 2. The number of methoxy groups -OCH3 is 1. The number of nitrogens with one attached hydrogen (secondary N) is 1. The number of halogens is 4. The summed E-state index contributed by atoms with van der Waals surface area (Å²) in [5.74, 6) is -3.93. The van der Waals surface area contributed by atoms with Gasteiger partial charge in [0, 0.05) is 13.5 Å². The Morgan fingerprint density at radius 1 is 1.31 bits per heavy atom. The molecule has 0 aliphatic carbocycles. The number of anilines is 1. The van der Waals surface area contributed by atoms with Gasteiger partial charge < -0.3 is 19.5 Å². The quantitative estimate of drug-likeness (QED) is 0.404. The van der Waals surface area contributed by atoms with E-state index in [4.69, 9.17) is 4.74 Å². The van der Waals surface area contributed by atoms with Crippen molar-refractivity contribution in [3.05, 3.63) is 36.0 Å². The number of imidazole rings is 1. The standard InChI is InChI=1S/C23H23F4N7O2/c1-12-28-16-5-4-14(8-17(16)33(12)7-6-24)19-15(25)9-34-20(19)21(36-3)30-22(31-34)29-18-10-32(13(2)35)11-23(18,26)27/h4-5,8-9,18H,6-7,10-11H2,1-3H3,(H,29,31)/t18-/m1/s1. The van der Waals surface area contributed by atoms with Crippen LogP contribution < -0.4 is 10.1 Å². The third-order valence-corrected chi connectivity index (χ3v) is 6.35. The number of carbonyl (C=O) groups excluding carboxylic acids is 1. The van der Waals surface area contributed by atoms with Crippen molar-refractivity contribution in [3.8, 4) is 17.0 Å². The molecule has 36 heavy (non-hydrogen) atoms. The summed E-state index contributed by atoms with van der Waals surface area (Å²) in [6.45, 7) is 1.56. The first kappa shape index (κ1) is 23.8. The first-order chi connectivity index (χ1) is 17.1. The summed E-state index contributed by atoms with van der Waals surface area (Å²) in [7, 11) is 1.32. The Morgan fingerprint density at radius 2 is 2.08 bits per heavy atom. The molecule has 190 valence electrons. The van der Waals surface area contributed by atoms with Crippen molar-refractivity contribution in [2.45, 2.75) is 32.4 Å². The van der Waals surface area contributed by atoms with Crippen LogP contribution in [0.3, 0.4) is 0 Å². The van der Waals surface area contributed by atoms with E-state index in [1.165, 1.54) is 18.5 Å². The second-order valence-corrected chi connectivity index (χ2v) is 8.65. The lowest BCUT2D eigenvalue weighted by molar-refractivity contribution is -0.129. The number of ether oxygens (including phenoxy) is 1. The van der Waals surface area contributed by atoms with Gasteiger partial charge in [-0.1, -0.05) is 6.07 Å². The SMILES string of the molecule is COc1nc(N[C@@H]2CN(C(C)=O)CC2(F)F)nn2cc(F)c(-c3ccc4nc(C)n(CCF)c4c3)c12. The van der Waals surface area contributed by atoms with Crippen LogP contribution in [0.15, 0.2) is 24.4 Å². The van der Waals surface area contributed by atoms with Crippen LogP contribution in [0.2, 0.25) is 0 Å². The van der Waals surface area contributed by atoms with E-state index in [9.17, 15) is 18.0 Å². The molecule has 1 aliphatic rings. The molecule has 5 rings (SSSR count). The molecule has 1 atom stereocenters. The van der Waals surface area contributed by atoms with Crippen LogP contribution in [0.25, 0.3) is 27.7 Å². The lowest BCUT2D eigenvalue weighted by Crippen LogP contribution is -2.38. The average molecular weight is 505 g/mol. The van der Waals surface area contributed by atoms with E-state index in [0.717, 1.165) is 11.1 Å². The Labute approximate surface area is 202 Å². The van der Waals surface area contributed by atoms with Crippen LogP contribution in [0.1, 0.15) is 12.7 Å². The smallest absolute Gasteiger partial charge is 0.286 e. The monoisotopic (exact) mass is 505 g/mol. The fraction of sp³-hybridized carbons (Fsp3) is 0.391. The Balaban J connectivity index is 1.57. The normalized spacial score (nSPS) is 17.3. The summed E-state index contributed by atoms with van der Waals surface area (Å²) in [6, 6.07) is 3.66. The van der Waals surface area contributed by atoms with E-state index < -0.39 is 36.9 Å². The molecule has 0 bridgehead atoms. The van der Waals surface area contributed by atoms with Crippen LogP contribution in [0, 0.1) is 12.7 Å². The number of aromatic nitrogens is 5. The van der Waals surface area contributed by atoms with E-state index >= 15 is 4.39 Å². The van der Waals surface area contributed by atoms with Crippen LogP contribution >= 0.6 is 0 Å². The van der Waals surface area contributed by atoms with Gasteiger partial charge in [-0.05, 0) is 24.6 Å². The second kappa shape index (κ2) is 8.64. The molecule has 13 heteroatoms. The number of fused-ring (bicyclic) bond motifs is 2. The largest absolute Gasteiger partial charge is 0.479 e. The van der Waals surface area contributed by atoms with Gasteiger partial charge >= 0.3 is 0 Å². The molecule has 0 spiro atoms. The van der Waals surface area contributed by atoms with Gasteiger partial charge in [0.15, 0.2) is 5.82 Å². The highest BCUT2D eigenvalue weighted by molar-refractivity contribution is 5.90. The predicted molar refractivity (Wildman–Crippen MR) is 124 cm³/mol. The van der Waals surface area contributed by atoms with Gasteiger partial charge in [-0.3, -0.25) is 4.79 Å². The van der Waals surface area contributed by atoms with Crippen molar-refractivity contribution in [1.29, 1.82) is 0 Å². The minimum atomic E-state index is -3.21. The lowest BCUT2D eigenvalue weighted by Gasteiger charge is -2.19. The van der Waals surface area contributed by atoms with E-state index in [2.05, 4.69) is 20.4 Å². The first-order valence-corrected chi connectivity index (χ1v) is 11.2. The third kappa shape index (κ3) is 3.88. The number of hydrogen-bond donors (Lipinski definition) is 1. The summed E-state index contributed by atoms with van der Waals surface area (Å²) in [6.07, 6.45) is 1.10. The molecule has 0 radical (unpaired) electrons. The highest BCUT2D eigenvalue weighted by atomic mass is 19.3. The average Bonchev–Trinajstić information content (AvgIpc) is 3.43. The molecule has 4 aromatic rings. The molecule has 9 nitrogen and oxygen atoms in total. The Hall–Kier alpha value is -3.90. The summed E-state index contributed by atoms with van der Waals surface area (Å²) in [4.78, 5) is 21.2. The molecule has 0 saturated carbocycles. The minimum absolute atomic E-state index is 0.0373. The molecule has 1 amide bonds. The first-order valence-electron chi connectivity index (χ1n) is 11.2. The van der Waals surface area contributed by atoms with Gasteiger partial charge in [-0.15, -0.1) is 5.10 Å². The van der Waals surface area contributed by atoms with Crippen molar-refractivity contribution < 1.29 is 27.1 Å². The molecule has 1 saturated heterocycles. The van der Waals surface area contributed by atoms with Crippen LogP contribution in [-0.4, -0.2) is 73.8 Å². The van der Waals surface area contributed by atoms with E-state index in [-0.39, 0.29) is 36.0 Å². The summed E-state index contributed by atoms with van der Waals surface area (Å²) in [5.41, 5.74) is 2.07. The number of amides is 1. The summed E-state index contributed by atoms with van der Waals surface area (Å²) < 4.78 is 65.5. The molecule has 4 heterocycles. The summed E-state index contributed by atoms with van der Waals surface area (Å²) in [5, 5.41) is 6.74. The lowest BCUT2D eigenvalue weighted by atomic mass is 10.1. The highest BCUT2D eigenvalue weighted by Gasteiger charge is 2.49. The molecule has 1 N–H and O–H groups in total. The van der Waals surface area contributed by atoms with Crippen LogP contribution in [-0.2, 0) is 11.3 Å². The van der Waals surface area contributed by atoms with Crippen LogP contribution in [0.4, 0.5) is 23.5 Å². The van der Waals surface area contributed by atoms with Gasteiger partial charge in [-0.2, -0.15) is 4.98 Å². The maximum Gasteiger partial charge on any atom is 0.286 e. The summed E-state index contributed by atoms with van der Waals surface area (Å²) >= 11 is 0. The van der Waals surface area contributed by atoms with Crippen molar-refractivity contribution in [3.63, 3.8) is 0 Å². The second-order valence-electron chi connectivity index (χ2n) is 8.65. The number of rotatable bonds is 6. The highest BCUT2D eigenvalue weighted by Crippen LogP contribution is 2.36. The van der Waals surface area contributed by atoms with Gasteiger partial charge in [0.1, 0.15) is 24.1 Å². The molecular formula is C23H23F4N7O2. The maximum atomic E-state index is 15.2. The predicted octanol–water partition coefficient (Wildman–Crippen LogP) is 3.45. The molecule has 1 fully saturated rings. The fourth-order valence-corrected chi connectivity index (χ4v) is 4.60. The van der Waals surface area contributed by atoms with Gasteiger partial charge in [0.25, 0.3) is 5.92 Å². The van der Waals surface area contributed by atoms with Gasteiger partial charge in [0.05, 0.1) is 43.0 Å². The molecule has 1 aromatic carbocycles. The number of likely N-dealkylation sites (tertiary alicyclic amines) is 1. The van der Waals surface area contributed by atoms with Gasteiger partial charge in [-0.25, -0.2) is 27.1 Å². The molecule has 3 aromatic heterocycles. The number of benzene rings is 1. The van der Waals surface area contributed by atoms with E-state index in [0.29, 0.717) is 22.4 Å². The van der Waals surface area contributed by atoms with Gasteiger partial charge in [0.2, 0.25) is 17.7 Å². The van der Waals surface area contributed by atoms with E-state index in [1.807, 2.05) is 0 Å². The number of alkyl halides is 3. The topological polar surface area (TPSA) is 89.6 Å². The van der Waals surface area contributed by atoms with Crippen molar-refractivity contribution in [2.24, 2.45) is 0 Å². The fourth-order valence-electron chi connectivity index (χ4n) is 4.60. The number of hydrogen-bond acceptors (Lipinski definition) is 6. The zero-order valence-corrected chi connectivity index (χ0v) is 19.7. The molecule has 1 aliphatic heterocycles. The number of nitrogens with zero attached hydrogens (tertiary/aromatic N) is 6. The zero-order valence-electron chi connectivity index (χ0n) is 19.7. The number of carbonyl (C=O) groups is 1. The van der Waals surface area contributed by atoms with Crippen molar-refractivity contribution >= 4 is 28.4 Å². The minimum Gasteiger partial charge on any atom is -0.479 e.